The number of aryl methyl sites for hydroxylation is 2. The van der Waals surface area contributed by atoms with Crippen LogP contribution in [0.5, 0.6) is 0 Å². The van der Waals surface area contributed by atoms with Crippen molar-refractivity contribution in [3.8, 4) is 0 Å². The fraction of sp³-hybridized carbons (Fsp3) is 0.357. The summed E-state index contributed by atoms with van der Waals surface area (Å²) in [7, 11) is 1.77. The molecule has 1 amide bonds. The van der Waals surface area contributed by atoms with Crippen LogP contribution in [0.25, 0.3) is 0 Å². The van der Waals surface area contributed by atoms with Crippen LogP contribution >= 0.6 is 0 Å². The molecule has 0 bridgehead atoms. The number of carbonyl (C=O) groups is 1. The van der Waals surface area contributed by atoms with E-state index < -0.39 is 0 Å². The van der Waals surface area contributed by atoms with Crippen LogP contribution in [0.15, 0.2) is 22.7 Å². The molecule has 2 rings (SSSR count). The molecule has 20 heavy (non-hydrogen) atoms. The summed E-state index contributed by atoms with van der Waals surface area (Å²) in [5.41, 5.74) is 1.33. The van der Waals surface area contributed by atoms with Crippen LogP contribution < -0.4 is 10.6 Å². The summed E-state index contributed by atoms with van der Waals surface area (Å²) < 4.78 is 5.40. The van der Waals surface area contributed by atoms with E-state index in [0.29, 0.717) is 17.3 Å². The monoisotopic (exact) mass is 274 g/mol. The molecule has 0 aromatic carbocycles. The van der Waals surface area contributed by atoms with Gasteiger partial charge in [-0.15, -0.1) is 0 Å². The van der Waals surface area contributed by atoms with Crippen molar-refractivity contribution >= 4 is 11.7 Å². The van der Waals surface area contributed by atoms with Gasteiger partial charge >= 0.3 is 0 Å². The molecule has 1 atom stereocenters. The zero-order valence-corrected chi connectivity index (χ0v) is 12.0. The van der Waals surface area contributed by atoms with Gasteiger partial charge in [-0.1, -0.05) is 0 Å². The molecule has 0 saturated carbocycles. The molecule has 2 heterocycles. The first-order valence-electron chi connectivity index (χ1n) is 6.39. The highest BCUT2D eigenvalue weighted by atomic mass is 16.4. The summed E-state index contributed by atoms with van der Waals surface area (Å²) in [4.78, 5) is 20.6. The van der Waals surface area contributed by atoms with Crippen LogP contribution in [0.4, 0.5) is 5.82 Å². The third-order valence-electron chi connectivity index (χ3n) is 2.83. The van der Waals surface area contributed by atoms with Gasteiger partial charge in [-0.05, 0) is 32.9 Å². The molecule has 106 valence electrons. The second-order valence-corrected chi connectivity index (χ2v) is 4.64. The Morgan fingerprint density at radius 1 is 1.35 bits per heavy atom. The van der Waals surface area contributed by atoms with Crippen molar-refractivity contribution in [3.05, 3.63) is 41.2 Å². The van der Waals surface area contributed by atoms with Crippen molar-refractivity contribution in [2.75, 3.05) is 12.4 Å². The number of rotatable bonds is 4. The van der Waals surface area contributed by atoms with Crippen LogP contribution in [0.3, 0.4) is 0 Å². The van der Waals surface area contributed by atoms with E-state index in [2.05, 4.69) is 20.6 Å². The number of amides is 1. The minimum atomic E-state index is -0.289. The summed E-state index contributed by atoms with van der Waals surface area (Å²) >= 11 is 0. The SMILES string of the molecule is CNc1cc(C(=O)NC(C)c2ncc(C)o2)cc(C)n1. The predicted molar refractivity (Wildman–Crippen MR) is 75.6 cm³/mol. The van der Waals surface area contributed by atoms with Crippen molar-refractivity contribution in [1.29, 1.82) is 0 Å². The number of anilines is 1. The number of carbonyl (C=O) groups excluding carboxylic acids is 1. The van der Waals surface area contributed by atoms with Crippen LogP contribution in [0.1, 0.15) is 40.7 Å². The molecule has 6 heteroatoms. The van der Waals surface area contributed by atoms with Crippen LogP contribution in [-0.4, -0.2) is 22.9 Å². The Bertz CT molecular complexity index is 621. The Hall–Kier alpha value is -2.37. The Morgan fingerprint density at radius 3 is 2.70 bits per heavy atom. The van der Waals surface area contributed by atoms with Crippen molar-refractivity contribution in [2.45, 2.75) is 26.8 Å². The minimum Gasteiger partial charge on any atom is -0.444 e. The number of hydrogen-bond donors (Lipinski definition) is 2. The van der Waals surface area contributed by atoms with E-state index in [9.17, 15) is 4.79 Å². The number of oxazole rings is 1. The molecule has 0 aliphatic heterocycles. The summed E-state index contributed by atoms with van der Waals surface area (Å²) in [6.07, 6.45) is 1.63. The highest BCUT2D eigenvalue weighted by Crippen LogP contribution is 2.14. The highest BCUT2D eigenvalue weighted by molar-refractivity contribution is 5.95. The molecule has 0 aliphatic rings. The van der Waals surface area contributed by atoms with E-state index in [4.69, 9.17) is 4.42 Å². The van der Waals surface area contributed by atoms with E-state index in [-0.39, 0.29) is 11.9 Å². The quantitative estimate of drug-likeness (QED) is 0.893. The van der Waals surface area contributed by atoms with Gasteiger partial charge in [0.05, 0.1) is 6.20 Å². The fourth-order valence-corrected chi connectivity index (χ4v) is 1.84. The van der Waals surface area contributed by atoms with Crippen molar-refractivity contribution in [3.63, 3.8) is 0 Å². The first kappa shape index (κ1) is 14.0. The van der Waals surface area contributed by atoms with Gasteiger partial charge < -0.3 is 15.1 Å². The molecule has 1 unspecified atom stereocenters. The lowest BCUT2D eigenvalue weighted by Gasteiger charge is -2.11. The maximum absolute atomic E-state index is 12.2. The third-order valence-corrected chi connectivity index (χ3v) is 2.83. The van der Waals surface area contributed by atoms with Crippen molar-refractivity contribution < 1.29 is 9.21 Å². The average Bonchev–Trinajstić information content (AvgIpc) is 2.84. The van der Waals surface area contributed by atoms with Crippen molar-refractivity contribution in [1.82, 2.24) is 15.3 Å². The van der Waals surface area contributed by atoms with E-state index in [1.165, 1.54) is 0 Å². The van der Waals surface area contributed by atoms with E-state index in [0.717, 1.165) is 11.5 Å². The Kier molecular flexibility index (Phi) is 4.02. The Morgan fingerprint density at radius 2 is 2.10 bits per heavy atom. The number of pyridine rings is 1. The van der Waals surface area contributed by atoms with Gasteiger partial charge in [0.2, 0.25) is 5.89 Å². The summed E-state index contributed by atoms with van der Waals surface area (Å²) in [5.74, 6) is 1.69. The lowest BCUT2D eigenvalue weighted by atomic mass is 10.2. The largest absolute Gasteiger partial charge is 0.444 e. The average molecular weight is 274 g/mol. The fourth-order valence-electron chi connectivity index (χ4n) is 1.84. The van der Waals surface area contributed by atoms with Gasteiger partial charge in [-0.3, -0.25) is 4.79 Å². The van der Waals surface area contributed by atoms with E-state index in [1.54, 1.807) is 25.4 Å². The molecule has 0 aliphatic carbocycles. The Labute approximate surface area is 117 Å². The smallest absolute Gasteiger partial charge is 0.252 e. The maximum Gasteiger partial charge on any atom is 0.252 e. The topological polar surface area (TPSA) is 80.0 Å². The first-order chi connectivity index (χ1) is 9.49. The van der Waals surface area contributed by atoms with Gasteiger partial charge in [0, 0.05) is 18.3 Å². The zero-order chi connectivity index (χ0) is 14.7. The number of nitrogens with zero attached hydrogens (tertiary/aromatic N) is 2. The maximum atomic E-state index is 12.2. The van der Waals surface area contributed by atoms with E-state index >= 15 is 0 Å². The number of aromatic nitrogens is 2. The van der Waals surface area contributed by atoms with Gasteiger partial charge in [-0.25, -0.2) is 9.97 Å². The molecule has 0 fully saturated rings. The molecular weight excluding hydrogens is 256 g/mol. The molecule has 2 N–H and O–H groups in total. The van der Waals surface area contributed by atoms with E-state index in [1.807, 2.05) is 20.8 Å². The van der Waals surface area contributed by atoms with Crippen LogP contribution in [-0.2, 0) is 0 Å². The van der Waals surface area contributed by atoms with Crippen molar-refractivity contribution in [2.24, 2.45) is 0 Å². The molecule has 0 saturated heterocycles. The van der Waals surface area contributed by atoms with Crippen LogP contribution in [0, 0.1) is 13.8 Å². The highest BCUT2D eigenvalue weighted by Gasteiger charge is 2.16. The molecule has 0 spiro atoms. The molecule has 2 aromatic heterocycles. The molecule has 6 nitrogen and oxygen atoms in total. The van der Waals surface area contributed by atoms with Gasteiger partial charge in [0.15, 0.2) is 0 Å². The standard InChI is InChI=1S/C14H18N4O2/c1-8-5-11(6-12(15-4)17-8)13(19)18-10(3)14-16-7-9(2)20-14/h5-7,10H,1-4H3,(H,15,17)(H,18,19). The zero-order valence-electron chi connectivity index (χ0n) is 12.0. The lowest BCUT2D eigenvalue weighted by molar-refractivity contribution is 0.0933. The second-order valence-electron chi connectivity index (χ2n) is 4.64. The first-order valence-corrected chi connectivity index (χ1v) is 6.39. The second kappa shape index (κ2) is 5.73. The number of nitrogens with one attached hydrogen (secondary N) is 2. The predicted octanol–water partition coefficient (Wildman–Crippen LogP) is 2.22. The normalized spacial score (nSPS) is 12.0. The Balaban J connectivity index is 2.13. The van der Waals surface area contributed by atoms with Gasteiger partial charge in [0.25, 0.3) is 5.91 Å². The van der Waals surface area contributed by atoms with Gasteiger partial charge in [0.1, 0.15) is 17.6 Å². The lowest BCUT2D eigenvalue weighted by Crippen LogP contribution is -2.27. The molecule has 2 aromatic rings. The summed E-state index contributed by atoms with van der Waals surface area (Å²) in [6.45, 7) is 5.49. The van der Waals surface area contributed by atoms with Crippen LogP contribution in [0.2, 0.25) is 0 Å². The number of hydrogen-bond acceptors (Lipinski definition) is 5. The molecular formula is C14H18N4O2. The minimum absolute atomic E-state index is 0.185. The third kappa shape index (κ3) is 3.14. The summed E-state index contributed by atoms with van der Waals surface area (Å²) in [6, 6.07) is 3.15. The molecule has 0 radical (unpaired) electrons. The van der Waals surface area contributed by atoms with Gasteiger partial charge in [-0.2, -0.15) is 0 Å². The summed E-state index contributed by atoms with van der Waals surface area (Å²) in [5, 5.41) is 5.78.